The van der Waals surface area contributed by atoms with E-state index in [0.29, 0.717) is 0 Å². The van der Waals surface area contributed by atoms with Gasteiger partial charge in [0.05, 0.1) is 12.7 Å². The number of ether oxygens (including phenoxy) is 2. The smallest absolute Gasteiger partial charge is 0.168 e. The summed E-state index contributed by atoms with van der Waals surface area (Å²) in [6.45, 7) is 7.25. The predicted molar refractivity (Wildman–Crippen MR) is 73.2 cm³/mol. The first kappa shape index (κ1) is 14.7. The van der Waals surface area contributed by atoms with Crippen LogP contribution in [0.5, 0.6) is 5.75 Å². The van der Waals surface area contributed by atoms with E-state index in [1.165, 1.54) is 0 Å². The van der Waals surface area contributed by atoms with Gasteiger partial charge in [-0.2, -0.15) is 0 Å². The molecule has 0 saturated carbocycles. The van der Waals surface area contributed by atoms with Crippen LogP contribution in [-0.4, -0.2) is 44.4 Å². The standard InChI is InChI=1S/C13H23N3O2/c1-11(2)18-12-5-4-6-15-13(12)16-8-7-14-9-10-17-3/h4-6,11,14H,7-10H2,1-3H3,(H,15,16). The van der Waals surface area contributed by atoms with Crippen LogP contribution < -0.4 is 15.4 Å². The molecular weight excluding hydrogens is 230 g/mol. The molecule has 0 spiro atoms. The highest BCUT2D eigenvalue weighted by molar-refractivity contribution is 5.49. The Balaban J connectivity index is 2.32. The van der Waals surface area contributed by atoms with Crippen LogP contribution in [0.4, 0.5) is 5.82 Å². The predicted octanol–water partition coefficient (Wildman–Crippen LogP) is 1.52. The van der Waals surface area contributed by atoms with Gasteiger partial charge in [0, 0.05) is 32.9 Å². The fourth-order valence-electron chi connectivity index (χ4n) is 1.44. The van der Waals surface area contributed by atoms with Crippen LogP contribution in [0.1, 0.15) is 13.8 Å². The van der Waals surface area contributed by atoms with Gasteiger partial charge in [0.15, 0.2) is 11.6 Å². The second kappa shape index (κ2) is 8.72. The highest BCUT2D eigenvalue weighted by Crippen LogP contribution is 2.21. The fraction of sp³-hybridized carbons (Fsp3) is 0.615. The van der Waals surface area contributed by atoms with Crippen molar-refractivity contribution in [3.05, 3.63) is 18.3 Å². The second-order valence-electron chi connectivity index (χ2n) is 4.19. The Hall–Kier alpha value is -1.33. The zero-order valence-corrected chi connectivity index (χ0v) is 11.4. The lowest BCUT2D eigenvalue weighted by molar-refractivity contribution is 0.200. The van der Waals surface area contributed by atoms with Crippen LogP contribution in [0.15, 0.2) is 18.3 Å². The van der Waals surface area contributed by atoms with Gasteiger partial charge in [-0.3, -0.25) is 0 Å². The van der Waals surface area contributed by atoms with Crippen molar-refractivity contribution in [2.24, 2.45) is 0 Å². The highest BCUT2D eigenvalue weighted by atomic mass is 16.5. The number of aromatic nitrogens is 1. The van der Waals surface area contributed by atoms with E-state index in [2.05, 4.69) is 15.6 Å². The van der Waals surface area contributed by atoms with Crippen molar-refractivity contribution >= 4 is 5.82 Å². The van der Waals surface area contributed by atoms with Crippen LogP contribution in [-0.2, 0) is 4.74 Å². The molecule has 102 valence electrons. The summed E-state index contributed by atoms with van der Waals surface area (Å²) in [6, 6.07) is 3.80. The van der Waals surface area contributed by atoms with Gasteiger partial charge in [-0.15, -0.1) is 0 Å². The number of nitrogens with zero attached hydrogens (tertiary/aromatic N) is 1. The number of anilines is 1. The molecule has 0 aliphatic heterocycles. The van der Waals surface area contributed by atoms with Crippen LogP contribution in [0, 0.1) is 0 Å². The molecule has 0 saturated heterocycles. The Bertz CT molecular complexity index is 332. The molecule has 0 aliphatic rings. The van der Waals surface area contributed by atoms with Crippen molar-refractivity contribution in [2.45, 2.75) is 20.0 Å². The van der Waals surface area contributed by atoms with E-state index in [1.54, 1.807) is 13.3 Å². The Kier molecular flexibility index (Phi) is 7.13. The average molecular weight is 253 g/mol. The van der Waals surface area contributed by atoms with Gasteiger partial charge in [0.2, 0.25) is 0 Å². The fourth-order valence-corrected chi connectivity index (χ4v) is 1.44. The number of nitrogens with one attached hydrogen (secondary N) is 2. The van der Waals surface area contributed by atoms with E-state index in [1.807, 2.05) is 26.0 Å². The van der Waals surface area contributed by atoms with Crippen LogP contribution in [0.3, 0.4) is 0 Å². The molecule has 0 atom stereocenters. The minimum Gasteiger partial charge on any atom is -0.487 e. The lowest BCUT2D eigenvalue weighted by Crippen LogP contribution is -2.25. The molecule has 5 heteroatoms. The second-order valence-corrected chi connectivity index (χ2v) is 4.19. The third kappa shape index (κ3) is 5.84. The SMILES string of the molecule is COCCNCCNc1ncccc1OC(C)C. The maximum absolute atomic E-state index is 5.68. The lowest BCUT2D eigenvalue weighted by Gasteiger charge is -2.14. The summed E-state index contributed by atoms with van der Waals surface area (Å²) < 4.78 is 10.6. The molecule has 0 amide bonds. The molecule has 0 radical (unpaired) electrons. The molecule has 1 aromatic rings. The third-order valence-electron chi connectivity index (χ3n) is 2.21. The van der Waals surface area contributed by atoms with E-state index >= 15 is 0 Å². The van der Waals surface area contributed by atoms with E-state index in [-0.39, 0.29) is 6.10 Å². The van der Waals surface area contributed by atoms with Gasteiger partial charge >= 0.3 is 0 Å². The Labute approximate surface area is 109 Å². The maximum Gasteiger partial charge on any atom is 0.168 e. The number of methoxy groups -OCH3 is 1. The molecule has 0 aromatic carbocycles. The summed E-state index contributed by atoms with van der Waals surface area (Å²) in [5.74, 6) is 1.59. The molecular formula is C13H23N3O2. The Morgan fingerprint density at radius 2 is 2.11 bits per heavy atom. The molecule has 0 aliphatic carbocycles. The van der Waals surface area contributed by atoms with Crippen molar-refractivity contribution in [1.29, 1.82) is 0 Å². The molecule has 2 N–H and O–H groups in total. The molecule has 1 heterocycles. The molecule has 1 aromatic heterocycles. The van der Waals surface area contributed by atoms with Crippen LogP contribution in [0.2, 0.25) is 0 Å². The van der Waals surface area contributed by atoms with Gasteiger partial charge in [-0.25, -0.2) is 4.98 Å². The molecule has 0 bridgehead atoms. The van der Waals surface area contributed by atoms with Crippen molar-refractivity contribution in [2.75, 3.05) is 38.7 Å². The summed E-state index contributed by atoms with van der Waals surface area (Å²) in [6.07, 6.45) is 1.91. The quantitative estimate of drug-likeness (QED) is 0.653. The number of pyridine rings is 1. The monoisotopic (exact) mass is 253 g/mol. The van der Waals surface area contributed by atoms with Crippen molar-refractivity contribution in [3.8, 4) is 5.75 Å². The van der Waals surface area contributed by atoms with E-state index < -0.39 is 0 Å². The Morgan fingerprint density at radius 1 is 1.28 bits per heavy atom. The summed E-state index contributed by atoms with van der Waals surface area (Å²) in [4.78, 5) is 4.28. The van der Waals surface area contributed by atoms with E-state index in [9.17, 15) is 0 Å². The van der Waals surface area contributed by atoms with Gasteiger partial charge in [-0.1, -0.05) is 0 Å². The van der Waals surface area contributed by atoms with Crippen LogP contribution >= 0.6 is 0 Å². The number of hydrogen-bond donors (Lipinski definition) is 2. The van der Waals surface area contributed by atoms with Gasteiger partial charge in [0.1, 0.15) is 0 Å². The molecule has 18 heavy (non-hydrogen) atoms. The molecule has 0 unspecified atom stereocenters. The van der Waals surface area contributed by atoms with Gasteiger partial charge < -0.3 is 20.1 Å². The summed E-state index contributed by atoms with van der Waals surface area (Å²) in [7, 11) is 1.70. The average Bonchev–Trinajstić information content (AvgIpc) is 2.35. The normalized spacial score (nSPS) is 10.7. The summed E-state index contributed by atoms with van der Waals surface area (Å²) in [5.41, 5.74) is 0. The van der Waals surface area contributed by atoms with E-state index in [4.69, 9.17) is 9.47 Å². The highest BCUT2D eigenvalue weighted by Gasteiger charge is 2.05. The molecule has 1 rings (SSSR count). The first-order valence-electron chi connectivity index (χ1n) is 6.29. The van der Waals surface area contributed by atoms with Gasteiger partial charge in [-0.05, 0) is 26.0 Å². The minimum atomic E-state index is 0.148. The van der Waals surface area contributed by atoms with E-state index in [0.717, 1.165) is 37.8 Å². The van der Waals surface area contributed by atoms with Crippen molar-refractivity contribution < 1.29 is 9.47 Å². The van der Waals surface area contributed by atoms with Gasteiger partial charge in [0.25, 0.3) is 0 Å². The molecule has 5 nitrogen and oxygen atoms in total. The first-order valence-corrected chi connectivity index (χ1v) is 6.29. The van der Waals surface area contributed by atoms with Crippen LogP contribution in [0.25, 0.3) is 0 Å². The van der Waals surface area contributed by atoms with Crippen molar-refractivity contribution in [3.63, 3.8) is 0 Å². The van der Waals surface area contributed by atoms with Crippen molar-refractivity contribution in [1.82, 2.24) is 10.3 Å². The zero-order chi connectivity index (χ0) is 13.2. The first-order chi connectivity index (χ1) is 8.74. The number of hydrogen-bond acceptors (Lipinski definition) is 5. The summed E-state index contributed by atoms with van der Waals surface area (Å²) in [5, 5.41) is 6.52. The maximum atomic E-state index is 5.68. The summed E-state index contributed by atoms with van der Waals surface area (Å²) >= 11 is 0. The largest absolute Gasteiger partial charge is 0.487 e. The molecule has 0 fully saturated rings. The zero-order valence-electron chi connectivity index (χ0n) is 11.4. The Morgan fingerprint density at radius 3 is 2.83 bits per heavy atom. The lowest BCUT2D eigenvalue weighted by atomic mass is 10.4. The number of rotatable bonds is 9. The third-order valence-corrected chi connectivity index (χ3v) is 2.21. The topological polar surface area (TPSA) is 55.4 Å². The minimum absolute atomic E-state index is 0.148.